The molecule has 0 saturated carbocycles. The van der Waals surface area contributed by atoms with Crippen molar-refractivity contribution in [1.29, 1.82) is 0 Å². The molecule has 0 spiro atoms. The summed E-state index contributed by atoms with van der Waals surface area (Å²) >= 11 is 6.02. The molecule has 110 valence electrons. The highest BCUT2D eigenvalue weighted by molar-refractivity contribution is 6.35. The van der Waals surface area contributed by atoms with Gasteiger partial charge in [0.15, 0.2) is 0 Å². The zero-order chi connectivity index (χ0) is 15.5. The number of H-pyrrole nitrogens is 1. The molecule has 0 saturated heterocycles. The first-order valence-corrected chi connectivity index (χ1v) is 6.81. The van der Waals surface area contributed by atoms with Gasteiger partial charge in [-0.05, 0) is 24.3 Å². The van der Waals surface area contributed by atoms with E-state index < -0.39 is 6.03 Å². The highest BCUT2D eigenvalue weighted by atomic mass is 35.5. The van der Waals surface area contributed by atoms with E-state index in [0.717, 1.165) is 0 Å². The highest BCUT2D eigenvalue weighted by Gasteiger charge is 2.10. The number of halogens is 1. The van der Waals surface area contributed by atoms with Gasteiger partial charge in [-0.25, -0.2) is 4.79 Å². The first-order chi connectivity index (χ1) is 10.6. The first kappa shape index (κ1) is 14.1. The zero-order valence-corrected chi connectivity index (χ0v) is 12.0. The van der Waals surface area contributed by atoms with Crippen LogP contribution in [0.5, 0.6) is 0 Å². The van der Waals surface area contributed by atoms with Gasteiger partial charge in [0.05, 0.1) is 22.4 Å². The minimum atomic E-state index is -0.528. The van der Waals surface area contributed by atoms with Crippen LogP contribution in [0.2, 0.25) is 5.02 Å². The summed E-state index contributed by atoms with van der Waals surface area (Å²) in [6, 6.07) is 7.86. The fourth-order valence-electron chi connectivity index (χ4n) is 2.03. The molecule has 6 nitrogen and oxygen atoms in total. The highest BCUT2D eigenvalue weighted by Crippen LogP contribution is 2.19. The molecule has 1 aromatic carbocycles. The van der Waals surface area contributed by atoms with Crippen LogP contribution >= 0.6 is 11.6 Å². The maximum atomic E-state index is 12.3. The van der Waals surface area contributed by atoms with Crippen molar-refractivity contribution < 1.29 is 4.79 Å². The number of carbonyl (C=O) groups is 1. The Morgan fingerprint density at radius 2 is 2.05 bits per heavy atom. The van der Waals surface area contributed by atoms with E-state index in [1.54, 1.807) is 36.5 Å². The second-order valence-corrected chi connectivity index (χ2v) is 4.92. The topological polar surface area (TPSA) is 86.9 Å². The molecule has 3 N–H and O–H groups in total. The van der Waals surface area contributed by atoms with Crippen molar-refractivity contribution in [3.8, 4) is 0 Å². The standard InChI is InChI=1S/C15H11ClN4O2/c16-11-5-1-4-10-13(11)18-8-12(14(10)21)20-15(22)19-9-3-2-6-17-7-9/h1-8H,(H,18,21)(H2,19,20,22). The molecular formula is C15H11ClN4O2. The van der Waals surface area contributed by atoms with E-state index in [1.807, 2.05) is 0 Å². The Morgan fingerprint density at radius 3 is 2.82 bits per heavy atom. The minimum absolute atomic E-state index is 0.135. The Balaban J connectivity index is 1.87. The minimum Gasteiger partial charge on any atom is -0.358 e. The van der Waals surface area contributed by atoms with Gasteiger partial charge in [-0.1, -0.05) is 17.7 Å². The number of anilines is 2. The molecule has 0 unspecified atom stereocenters. The second kappa shape index (κ2) is 5.87. The van der Waals surface area contributed by atoms with Crippen molar-refractivity contribution in [2.24, 2.45) is 0 Å². The maximum absolute atomic E-state index is 12.3. The second-order valence-electron chi connectivity index (χ2n) is 4.51. The molecule has 2 amide bonds. The molecule has 22 heavy (non-hydrogen) atoms. The fraction of sp³-hybridized carbons (Fsp3) is 0. The Morgan fingerprint density at radius 1 is 1.18 bits per heavy atom. The summed E-state index contributed by atoms with van der Waals surface area (Å²) in [7, 11) is 0. The number of urea groups is 1. The van der Waals surface area contributed by atoms with Crippen molar-refractivity contribution in [2.75, 3.05) is 10.6 Å². The van der Waals surface area contributed by atoms with Gasteiger partial charge in [0.1, 0.15) is 5.69 Å². The van der Waals surface area contributed by atoms with Gasteiger partial charge in [-0.3, -0.25) is 9.78 Å². The van der Waals surface area contributed by atoms with E-state index in [0.29, 0.717) is 21.6 Å². The van der Waals surface area contributed by atoms with Gasteiger partial charge in [0.2, 0.25) is 5.43 Å². The van der Waals surface area contributed by atoms with E-state index >= 15 is 0 Å². The molecule has 0 aliphatic rings. The van der Waals surface area contributed by atoms with Gasteiger partial charge in [0.25, 0.3) is 0 Å². The van der Waals surface area contributed by atoms with E-state index in [2.05, 4.69) is 20.6 Å². The van der Waals surface area contributed by atoms with Crippen LogP contribution in [-0.2, 0) is 0 Å². The van der Waals surface area contributed by atoms with E-state index in [-0.39, 0.29) is 11.1 Å². The summed E-state index contributed by atoms with van der Waals surface area (Å²) in [5.74, 6) is 0. The predicted octanol–water partition coefficient (Wildman–Crippen LogP) is 3.22. The number of pyridine rings is 2. The summed E-state index contributed by atoms with van der Waals surface area (Å²) in [5, 5.41) is 5.95. The van der Waals surface area contributed by atoms with Crippen molar-refractivity contribution in [3.63, 3.8) is 0 Å². The van der Waals surface area contributed by atoms with Gasteiger partial charge >= 0.3 is 6.03 Å². The third-order valence-electron chi connectivity index (χ3n) is 3.03. The molecule has 0 aliphatic heterocycles. The van der Waals surface area contributed by atoms with Gasteiger partial charge in [0, 0.05) is 17.8 Å². The van der Waals surface area contributed by atoms with Crippen molar-refractivity contribution in [3.05, 3.63) is 64.2 Å². The van der Waals surface area contributed by atoms with Crippen LogP contribution in [0, 0.1) is 0 Å². The van der Waals surface area contributed by atoms with E-state index in [1.165, 1.54) is 12.4 Å². The number of nitrogens with one attached hydrogen (secondary N) is 3. The molecule has 0 atom stereocenters. The van der Waals surface area contributed by atoms with Crippen LogP contribution in [0.1, 0.15) is 0 Å². The average molecular weight is 315 g/mol. The fourth-order valence-corrected chi connectivity index (χ4v) is 2.26. The number of aromatic amines is 1. The number of aromatic nitrogens is 2. The smallest absolute Gasteiger partial charge is 0.323 e. The molecule has 2 aromatic heterocycles. The number of amides is 2. The van der Waals surface area contributed by atoms with E-state index in [4.69, 9.17) is 11.6 Å². The number of fused-ring (bicyclic) bond motifs is 1. The molecular weight excluding hydrogens is 304 g/mol. The normalized spacial score (nSPS) is 10.4. The molecule has 0 bridgehead atoms. The Hall–Kier alpha value is -2.86. The summed E-state index contributed by atoms with van der Waals surface area (Å²) in [6.07, 6.45) is 4.52. The molecule has 3 rings (SSSR count). The average Bonchev–Trinajstić information content (AvgIpc) is 2.52. The van der Waals surface area contributed by atoms with Crippen LogP contribution in [0.3, 0.4) is 0 Å². The van der Waals surface area contributed by atoms with E-state index in [9.17, 15) is 9.59 Å². The van der Waals surface area contributed by atoms with Gasteiger partial charge in [-0.15, -0.1) is 0 Å². The number of rotatable bonds is 2. The summed E-state index contributed by atoms with van der Waals surface area (Å²) in [6.45, 7) is 0. The van der Waals surface area contributed by atoms with Crippen LogP contribution in [0.25, 0.3) is 10.9 Å². The summed E-state index contributed by atoms with van der Waals surface area (Å²) < 4.78 is 0. The first-order valence-electron chi connectivity index (χ1n) is 6.43. The number of benzene rings is 1. The van der Waals surface area contributed by atoms with Crippen molar-refractivity contribution in [2.45, 2.75) is 0 Å². The third kappa shape index (κ3) is 2.77. The Bertz CT molecular complexity index is 893. The van der Waals surface area contributed by atoms with Gasteiger partial charge < -0.3 is 15.6 Å². The lowest BCUT2D eigenvalue weighted by Gasteiger charge is -2.08. The lowest BCUT2D eigenvalue weighted by atomic mass is 10.2. The number of hydrogen-bond donors (Lipinski definition) is 3. The SMILES string of the molecule is O=C(Nc1cccnc1)Nc1c[nH]c2c(Cl)cccc2c1=O. The quantitative estimate of drug-likeness (QED) is 0.678. The number of carbonyl (C=O) groups excluding carboxylic acids is 1. The molecule has 7 heteroatoms. The van der Waals surface area contributed by atoms with Crippen molar-refractivity contribution in [1.82, 2.24) is 9.97 Å². The lowest BCUT2D eigenvalue weighted by Crippen LogP contribution is -2.23. The Kier molecular flexibility index (Phi) is 3.76. The zero-order valence-electron chi connectivity index (χ0n) is 11.3. The molecule has 2 heterocycles. The molecule has 0 radical (unpaired) electrons. The number of para-hydroxylation sites is 1. The predicted molar refractivity (Wildman–Crippen MR) is 86.5 cm³/mol. The van der Waals surface area contributed by atoms with Gasteiger partial charge in [-0.2, -0.15) is 0 Å². The maximum Gasteiger partial charge on any atom is 0.323 e. The van der Waals surface area contributed by atoms with Crippen LogP contribution in [0.15, 0.2) is 53.7 Å². The Labute approximate surface area is 130 Å². The third-order valence-corrected chi connectivity index (χ3v) is 3.35. The lowest BCUT2D eigenvalue weighted by molar-refractivity contribution is 0.262. The number of hydrogen-bond acceptors (Lipinski definition) is 3. The van der Waals surface area contributed by atoms with Crippen LogP contribution in [0.4, 0.5) is 16.2 Å². The summed E-state index contributed by atoms with van der Waals surface area (Å²) in [5.41, 5.74) is 0.890. The number of nitrogens with zero attached hydrogens (tertiary/aromatic N) is 1. The molecule has 3 aromatic rings. The van der Waals surface area contributed by atoms with Crippen LogP contribution in [-0.4, -0.2) is 16.0 Å². The van der Waals surface area contributed by atoms with Crippen molar-refractivity contribution >= 4 is 39.9 Å². The monoisotopic (exact) mass is 314 g/mol. The molecule has 0 aliphatic carbocycles. The van der Waals surface area contributed by atoms with Crippen LogP contribution < -0.4 is 16.1 Å². The summed E-state index contributed by atoms with van der Waals surface area (Å²) in [4.78, 5) is 31.0. The molecule has 0 fully saturated rings. The largest absolute Gasteiger partial charge is 0.358 e.